The van der Waals surface area contributed by atoms with E-state index in [1.54, 1.807) is 30.3 Å². The molecule has 3 aromatic rings. The summed E-state index contributed by atoms with van der Waals surface area (Å²) in [5, 5.41) is 3.07. The SMILES string of the molecule is COc1ccc2c(=O)c(/C=C/C(=O)NCc3ccc(F)cc3)coc2c1. The molecule has 1 heterocycles. The molecule has 5 nitrogen and oxygen atoms in total. The standard InChI is InChI=1S/C20H16FNO4/c1-25-16-7-8-17-18(10-16)26-12-14(20(17)24)4-9-19(23)22-11-13-2-5-15(21)6-3-13/h2-10,12H,11H2,1H3,(H,22,23)/b9-4+. The number of methoxy groups -OCH3 is 1. The lowest BCUT2D eigenvalue weighted by Gasteiger charge is -2.03. The van der Waals surface area contributed by atoms with Gasteiger partial charge < -0.3 is 14.5 Å². The first-order valence-corrected chi connectivity index (χ1v) is 7.87. The summed E-state index contributed by atoms with van der Waals surface area (Å²) in [7, 11) is 1.53. The van der Waals surface area contributed by atoms with Gasteiger partial charge in [-0.3, -0.25) is 9.59 Å². The van der Waals surface area contributed by atoms with Crippen LogP contribution in [-0.2, 0) is 11.3 Å². The molecule has 2 aromatic carbocycles. The summed E-state index contributed by atoms with van der Waals surface area (Å²) in [6, 6.07) is 10.7. The minimum absolute atomic E-state index is 0.239. The van der Waals surface area contributed by atoms with E-state index in [0.29, 0.717) is 16.7 Å². The highest BCUT2D eigenvalue weighted by Crippen LogP contribution is 2.19. The second-order valence-electron chi connectivity index (χ2n) is 5.56. The number of rotatable bonds is 5. The van der Waals surface area contributed by atoms with Crippen molar-refractivity contribution in [3.8, 4) is 5.75 Å². The van der Waals surface area contributed by atoms with Gasteiger partial charge in [0.05, 0.1) is 18.1 Å². The number of halogens is 1. The van der Waals surface area contributed by atoms with Gasteiger partial charge in [-0.05, 0) is 35.9 Å². The zero-order valence-corrected chi connectivity index (χ0v) is 14.0. The summed E-state index contributed by atoms with van der Waals surface area (Å²) < 4.78 is 23.4. The fourth-order valence-corrected chi connectivity index (χ4v) is 2.38. The van der Waals surface area contributed by atoms with Gasteiger partial charge in [-0.2, -0.15) is 0 Å². The predicted molar refractivity (Wildman–Crippen MR) is 96.3 cm³/mol. The Morgan fingerprint density at radius 3 is 2.73 bits per heavy atom. The van der Waals surface area contributed by atoms with E-state index < -0.39 is 0 Å². The smallest absolute Gasteiger partial charge is 0.244 e. The second kappa shape index (κ2) is 7.65. The molecule has 1 aromatic heterocycles. The summed E-state index contributed by atoms with van der Waals surface area (Å²) in [6.45, 7) is 0.259. The molecule has 0 unspecified atom stereocenters. The van der Waals surface area contributed by atoms with E-state index in [2.05, 4.69) is 5.32 Å². The average molecular weight is 353 g/mol. The molecule has 3 rings (SSSR count). The van der Waals surface area contributed by atoms with Crippen molar-refractivity contribution < 1.29 is 18.3 Å². The van der Waals surface area contributed by atoms with Crippen molar-refractivity contribution in [1.82, 2.24) is 5.32 Å². The Labute approximate surface area is 148 Å². The van der Waals surface area contributed by atoms with Crippen molar-refractivity contribution in [2.45, 2.75) is 6.54 Å². The summed E-state index contributed by atoms with van der Waals surface area (Å²) in [5.41, 5.74) is 1.20. The topological polar surface area (TPSA) is 68.5 Å². The van der Waals surface area contributed by atoms with Crippen LogP contribution in [0.2, 0.25) is 0 Å². The Bertz CT molecular complexity index is 1020. The van der Waals surface area contributed by atoms with Crippen molar-refractivity contribution in [2.75, 3.05) is 7.11 Å². The largest absolute Gasteiger partial charge is 0.497 e. The Morgan fingerprint density at radius 1 is 1.23 bits per heavy atom. The van der Waals surface area contributed by atoms with Crippen LogP contribution in [-0.4, -0.2) is 13.0 Å². The normalized spacial score (nSPS) is 11.0. The van der Waals surface area contributed by atoms with Crippen LogP contribution in [0.25, 0.3) is 17.0 Å². The van der Waals surface area contributed by atoms with E-state index in [-0.39, 0.29) is 29.3 Å². The fourth-order valence-electron chi connectivity index (χ4n) is 2.38. The molecule has 0 aliphatic carbocycles. The maximum absolute atomic E-state index is 12.8. The fraction of sp³-hybridized carbons (Fsp3) is 0.100. The molecular formula is C20H16FNO4. The van der Waals surface area contributed by atoms with Gasteiger partial charge in [-0.1, -0.05) is 12.1 Å². The van der Waals surface area contributed by atoms with E-state index in [0.717, 1.165) is 5.56 Å². The van der Waals surface area contributed by atoms with Crippen LogP contribution < -0.4 is 15.5 Å². The van der Waals surface area contributed by atoms with E-state index in [9.17, 15) is 14.0 Å². The van der Waals surface area contributed by atoms with Gasteiger partial charge in [0.15, 0.2) is 5.43 Å². The number of fused-ring (bicyclic) bond motifs is 1. The Kier molecular flexibility index (Phi) is 5.12. The van der Waals surface area contributed by atoms with Crippen LogP contribution in [0, 0.1) is 5.82 Å². The van der Waals surface area contributed by atoms with Gasteiger partial charge >= 0.3 is 0 Å². The molecule has 0 fully saturated rings. The molecule has 0 saturated carbocycles. The van der Waals surface area contributed by atoms with Gasteiger partial charge in [0, 0.05) is 18.7 Å². The number of hydrogen-bond acceptors (Lipinski definition) is 4. The van der Waals surface area contributed by atoms with Gasteiger partial charge in [-0.15, -0.1) is 0 Å². The number of benzene rings is 2. The van der Waals surface area contributed by atoms with Crippen molar-refractivity contribution in [2.24, 2.45) is 0 Å². The molecule has 0 aliphatic heterocycles. The third-order valence-corrected chi connectivity index (χ3v) is 3.80. The molecule has 0 bridgehead atoms. The van der Waals surface area contributed by atoms with Crippen molar-refractivity contribution >= 4 is 23.0 Å². The molecule has 6 heteroatoms. The van der Waals surface area contributed by atoms with Crippen LogP contribution in [0.15, 0.2) is 64.0 Å². The maximum atomic E-state index is 12.8. The van der Waals surface area contributed by atoms with Crippen molar-refractivity contribution in [3.63, 3.8) is 0 Å². The highest BCUT2D eigenvalue weighted by Gasteiger charge is 2.06. The molecule has 0 spiro atoms. The highest BCUT2D eigenvalue weighted by atomic mass is 19.1. The molecule has 26 heavy (non-hydrogen) atoms. The summed E-state index contributed by atoms with van der Waals surface area (Å²) in [6.07, 6.45) is 3.95. The first-order valence-electron chi connectivity index (χ1n) is 7.87. The van der Waals surface area contributed by atoms with Crippen LogP contribution >= 0.6 is 0 Å². The van der Waals surface area contributed by atoms with Gasteiger partial charge in [0.1, 0.15) is 23.4 Å². The molecule has 1 amide bonds. The quantitative estimate of drug-likeness (QED) is 0.715. The van der Waals surface area contributed by atoms with Crippen molar-refractivity contribution in [1.29, 1.82) is 0 Å². The Hall–Kier alpha value is -3.41. The third kappa shape index (κ3) is 3.97. The number of carbonyl (C=O) groups is 1. The first kappa shape index (κ1) is 17.4. The third-order valence-electron chi connectivity index (χ3n) is 3.80. The van der Waals surface area contributed by atoms with E-state index in [1.165, 1.54) is 37.7 Å². The number of nitrogens with one attached hydrogen (secondary N) is 1. The number of amides is 1. The lowest BCUT2D eigenvalue weighted by molar-refractivity contribution is -0.116. The first-order chi connectivity index (χ1) is 12.6. The number of ether oxygens (including phenoxy) is 1. The van der Waals surface area contributed by atoms with Gasteiger partial charge in [0.25, 0.3) is 0 Å². The van der Waals surface area contributed by atoms with Crippen LogP contribution in [0.1, 0.15) is 11.1 Å². The van der Waals surface area contributed by atoms with E-state index in [1.807, 2.05) is 0 Å². The zero-order chi connectivity index (χ0) is 18.5. The average Bonchev–Trinajstić information content (AvgIpc) is 2.66. The summed E-state index contributed by atoms with van der Waals surface area (Å²) in [5.74, 6) is -0.117. The summed E-state index contributed by atoms with van der Waals surface area (Å²) >= 11 is 0. The van der Waals surface area contributed by atoms with E-state index >= 15 is 0 Å². The minimum atomic E-state index is -0.372. The monoisotopic (exact) mass is 353 g/mol. The molecular weight excluding hydrogens is 337 g/mol. The zero-order valence-electron chi connectivity index (χ0n) is 14.0. The van der Waals surface area contributed by atoms with Crippen molar-refractivity contribution in [3.05, 3.63) is 82.0 Å². The summed E-state index contributed by atoms with van der Waals surface area (Å²) in [4.78, 5) is 24.3. The molecule has 0 saturated heterocycles. The highest BCUT2D eigenvalue weighted by molar-refractivity contribution is 5.92. The molecule has 132 valence electrons. The predicted octanol–water partition coefficient (Wildman–Crippen LogP) is 3.27. The molecule has 0 radical (unpaired) electrons. The van der Waals surface area contributed by atoms with E-state index in [4.69, 9.17) is 9.15 Å². The Morgan fingerprint density at radius 2 is 2.00 bits per heavy atom. The van der Waals surface area contributed by atoms with Gasteiger partial charge in [-0.25, -0.2) is 4.39 Å². The second-order valence-corrected chi connectivity index (χ2v) is 5.56. The van der Waals surface area contributed by atoms with Crippen LogP contribution in [0.5, 0.6) is 5.75 Å². The minimum Gasteiger partial charge on any atom is -0.497 e. The Balaban J connectivity index is 1.71. The van der Waals surface area contributed by atoms with Gasteiger partial charge in [0.2, 0.25) is 5.91 Å². The number of hydrogen-bond donors (Lipinski definition) is 1. The maximum Gasteiger partial charge on any atom is 0.244 e. The lowest BCUT2D eigenvalue weighted by Crippen LogP contribution is -2.20. The molecule has 0 aliphatic rings. The lowest BCUT2D eigenvalue weighted by atomic mass is 10.1. The van der Waals surface area contributed by atoms with Crippen LogP contribution in [0.4, 0.5) is 4.39 Å². The number of carbonyl (C=O) groups excluding carboxylic acids is 1. The molecule has 1 N–H and O–H groups in total. The van der Waals surface area contributed by atoms with Crippen LogP contribution in [0.3, 0.4) is 0 Å². The molecule has 0 atom stereocenters.